The van der Waals surface area contributed by atoms with Gasteiger partial charge >= 0.3 is 0 Å². The van der Waals surface area contributed by atoms with Gasteiger partial charge in [-0.1, -0.05) is 12.2 Å². The van der Waals surface area contributed by atoms with E-state index in [1.807, 2.05) is 19.9 Å². The molecule has 2 bridgehead atoms. The van der Waals surface area contributed by atoms with Crippen molar-refractivity contribution in [2.75, 3.05) is 18.4 Å². The SMILES string of the molecule is Cc1cc(C)nc(NCCN2C(=O)[C@H]3[C@H](C2=O)[C@H]2C=C[C@H]3C2)n1. The lowest BCUT2D eigenvalue weighted by molar-refractivity contribution is -0.140. The molecule has 1 saturated carbocycles. The highest BCUT2D eigenvalue weighted by Gasteiger charge is 2.58. The summed E-state index contributed by atoms with van der Waals surface area (Å²) in [6.45, 7) is 4.68. The first-order valence-corrected chi connectivity index (χ1v) is 8.14. The molecule has 1 aromatic heterocycles. The molecule has 3 aliphatic rings. The standard InChI is InChI=1S/C17H20N4O2/c1-9-7-10(2)20-17(19-9)18-5-6-21-15(22)13-11-3-4-12(8-11)14(13)16(21)23/h3-4,7,11-14H,5-6,8H2,1-2H3,(H,18,19,20)/t11-,12-,13+,14+/m0/s1. The van der Waals surface area contributed by atoms with Gasteiger partial charge in [0.15, 0.2) is 0 Å². The molecule has 0 spiro atoms. The molecule has 1 aromatic rings. The molecule has 4 atom stereocenters. The van der Waals surface area contributed by atoms with Gasteiger partial charge in [-0.2, -0.15) is 0 Å². The largest absolute Gasteiger partial charge is 0.352 e. The maximum absolute atomic E-state index is 12.6. The van der Waals surface area contributed by atoms with E-state index in [1.54, 1.807) is 0 Å². The molecule has 4 rings (SSSR count). The number of hydrogen-bond donors (Lipinski definition) is 1. The minimum Gasteiger partial charge on any atom is -0.352 e. The normalized spacial score (nSPS) is 31.1. The third kappa shape index (κ3) is 2.24. The number of aromatic nitrogens is 2. The van der Waals surface area contributed by atoms with Crippen LogP contribution in [0.1, 0.15) is 17.8 Å². The van der Waals surface area contributed by atoms with Crippen molar-refractivity contribution >= 4 is 17.8 Å². The van der Waals surface area contributed by atoms with Gasteiger partial charge < -0.3 is 5.32 Å². The van der Waals surface area contributed by atoms with E-state index in [1.165, 1.54) is 4.90 Å². The van der Waals surface area contributed by atoms with Crippen molar-refractivity contribution in [2.24, 2.45) is 23.7 Å². The summed E-state index contributed by atoms with van der Waals surface area (Å²) >= 11 is 0. The molecule has 23 heavy (non-hydrogen) atoms. The summed E-state index contributed by atoms with van der Waals surface area (Å²) in [7, 11) is 0. The number of carbonyl (C=O) groups is 2. The number of imide groups is 1. The number of allylic oxidation sites excluding steroid dienone is 2. The van der Waals surface area contributed by atoms with Crippen molar-refractivity contribution in [3.63, 3.8) is 0 Å². The molecule has 6 heteroatoms. The third-order valence-corrected chi connectivity index (χ3v) is 5.16. The summed E-state index contributed by atoms with van der Waals surface area (Å²) in [5, 5.41) is 3.11. The van der Waals surface area contributed by atoms with Crippen LogP contribution >= 0.6 is 0 Å². The van der Waals surface area contributed by atoms with Crippen LogP contribution in [0.5, 0.6) is 0 Å². The predicted molar refractivity (Wildman–Crippen MR) is 84.4 cm³/mol. The predicted octanol–water partition coefficient (Wildman–Crippen LogP) is 1.31. The minimum atomic E-state index is -0.116. The Hall–Kier alpha value is -2.24. The molecule has 6 nitrogen and oxygen atoms in total. The van der Waals surface area contributed by atoms with Crippen LogP contribution in [0.3, 0.4) is 0 Å². The first-order valence-electron chi connectivity index (χ1n) is 8.14. The van der Waals surface area contributed by atoms with Gasteiger partial charge in [0.1, 0.15) is 0 Å². The van der Waals surface area contributed by atoms with Crippen LogP contribution in [0.4, 0.5) is 5.95 Å². The van der Waals surface area contributed by atoms with Crippen LogP contribution in [0.2, 0.25) is 0 Å². The maximum atomic E-state index is 12.6. The van der Waals surface area contributed by atoms with Crippen LogP contribution in [-0.2, 0) is 9.59 Å². The zero-order valence-corrected chi connectivity index (χ0v) is 13.3. The van der Waals surface area contributed by atoms with E-state index in [9.17, 15) is 9.59 Å². The van der Waals surface area contributed by atoms with Crippen molar-refractivity contribution in [2.45, 2.75) is 20.3 Å². The van der Waals surface area contributed by atoms with Gasteiger partial charge in [0.2, 0.25) is 17.8 Å². The highest BCUT2D eigenvalue weighted by atomic mass is 16.2. The van der Waals surface area contributed by atoms with Crippen molar-refractivity contribution < 1.29 is 9.59 Å². The fourth-order valence-electron chi connectivity index (χ4n) is 4.27. The van der Waals surface area contributed by atoms with E-state index in [0.29, 0.717) is 19.0 Å². The molecule has 0 radical (unpaired) electrons. The third-order valence-electron chi connectivity index (χ3n) is 5.16. The molecule has 0 unspecified atom stereocenters. The van der Waals surface area contributed by atoms with E-state index in [-0.39, 0.29) is 35.5 Å². The smallest absolute Gasteiger partial charge is 0.233 e. The second-order valence-electron chi connectivity index (χ2n) is 6.73. The number of carbonyl (C=O) groups excluding carboxylic acids is 2. The van der Waals surface area contributed by atoms with E-state index in [0.717, 1.165) is 17.8 Å². The number of fused-ring (bicyclic) bond motifs is 5. The monoisotopic (exact) mass is 312 g/mol. The van der Waals surface area contributed by atoms with E-state index in [2.05, 4.69) is 27.4 Å². The van der Waals surface area contributed by atoms with Crippen molar-refractivity contribution in [1.29, 1.82) is 0 Å². The topological polar surface area (TPSA) is 75.2 Å². The van der Waals surface area contributed by atoms with E-state index >= 15 is 0 Å². The van der Waals surface area contributed by atoms with Crippen molar-refractivity contribution in [1.82, 2.24) is 14.9 Å². The highest BCUT2D eigenvalue weighted by Crippen LogP contribution is 2.52. The molecule has 1 aliphatic heterocycles. The first-order chi connectivity index (χ1) is 11.0. The average molecular weight is 312 g/mol. The Balaban J connectivity index is 1.40. The van der Waals surface area contributed by atoms with E-state index < -0.39 is 0 Å². The summed E-state index contributed by atoms with van der Waals surface area (Å²) in [6, 6.07) is 1.91. The van der Waals surface area contributed by atoms with Crippen LogP contribution in [0.15, 0.2) is 18.2 Å². The lowest BCUT2D eigenvalue weighted by atomic mass is 9.85. The Morgan fingerprint density at radius 3 is 2.22 bits per heavy atom. The number of nitrogens with zero attached hydrogens (tertiary/aromatic N) is 3. The number of anilines is 1. The molecule has 120 valence electrons. The van der Waals surface area contributed by atoms with Gasteiger partial charge in [-0.15, -0.1) is 0 Å². The Morgan fingerprint density at radius 2 is 1.65 bits per heavy atom. The molecule has 1 saturated heterocycles. The number of nitrogens with one attached hydrogen (secondary N) is 1. The molecule has 2 heterocycles. The number of amides is 2. The number of aryl methyl sites for hydroxylation is 2. The minimum absolute atomic E-state index is 0.00000819. The molecular weight excluding hydrogens is 292 g/mol. The number of rotatable bonds is 4. The van der Waals surface area contributed by atoms with Crippen molar-refractivity contribution in [3.8, 4) is 0 Å². The molecular formula is C17H20N4O2. The molecule has 2 amide bonds. The van der Waals surface area contributed by atoms with Crippen molar-refractivity contribution in [3.05, 3.63) is 29.6 Å². The fraction of sp³-hybridized carbons (Fsp3) is 0.529. The maximum Gasteiger partial charge on any atom is 0.233 e. The van der Waals surface area contributed by atoms with Gasteiger partial charge in [-0.05, 0) is 38.2 Å². The van der Waals surface area contributed by atoms with Gasteiger partial charge in [0.05, 0.1) is 11.8 Å². The summed E-state index contributed by atoms with van der Waals surface area (Å²) in [4.78, 5) is 35.1. The molecule has 2 aliphatic carbocycles. The second-order valence-corrected chi connectivity index (χ2v) is 6.73. The summed E-state index contributed by atoms with van der Waals surface area (Å²) in [6.07, 6.45) is 5.19. The average Bonchev–Trinajstić information content (AvgIpc) is 3.15. The summed E-state index contributed by atoms with van der Waals surface area (Å²) in [5.41, 5.74) is 1.79. The Labute approximate surface area is 135 Å². The van der Waals surface area contributed by atoms with Crippen LogP contribution in [0.25, 0.3) is 0 Å². The fourth-order valence-corrected chi connectivity index (χ4v) is 4.27. The molecule has 2 fully saturated rings. The quantitative estimate of drug-likeness (QED) is 0.670. The van der Waals surface area contributed by atoms with Crippen LogP contribution in [0, 0.1) is 37.5 Å². The molecule has 0 aromatic carbocycles. The Morgan fingerprint density at radius 1 is 1.09 bits per heavy atom. The van der Waals surface area contributed by atoms with Gasteiger partial charge in [0, 0.05) is 24.5 Å². The van der Waals surface area contributed by atoms with Crippen LogP contribution < -0.4 is 5.32 Å². The zero-order valence-electron chi connectivity index (χ0n) is 13.3. The lowest BCUT2D eigenvalue weighted by Crippen LogP contribution is -2.36. The number of likely N-dealkylation sites (tertiary alicyclic amines) is 1. The number of hydrogen-bond acceptors (Lipinski definition) is 5. The van der Waals surface area contributed by atoms with E-state index in [4.69, 9.17) is 0 Å². The van der Waals surface area contributed by atoms with Crippen LogP contribution in [-0.4, -0.2) is 39.8 Å². The second kappa shape index (κ2) is 5.15. The molecule has 1 N–H and O–H groups in total. The Kier molecular flexibility index (Phi) is 3.21. The zero-order chi connectivity index (χ0) is 16.1. The Bertz CT molecular complexity index is 664. The summed E-state index contributed by atoms with van der Waals surface area (Å²) in [5.74, 6) is 0.845. The van der Waals surface area contributed by atoms with Gasteiger partial charge in [-0.3, -0.25) is 14.5 Å². The van der Waals surface area contributed by atoms with Gasteiger partial charge in [0.25, 0.3) is 0 Å². The lowest BCUT2D eigenvalue weighted by Gasteiger charge is -2.17. The van der Waals surface area contributed by atoms with Gasteiger partial charge in [-0.25, -0.2) is 9.97 Å². The highest BCUT2D eigenvalue weighted by molar-refractivity contribution is 6.06. The summed E-state index contributed by atoms with van der Waals surface area (Å²) < 4.78 is 0. The first kappa shape index (κ1) is 14.4.